The number of furan rings is 1. The fourth-order valence-corrected chi connectivity index (χ4v) is 3.67. The molecule has 6 nitrogen and oxygen atoms in total. The number of Topliss-reactive ketones (excluding diaryl/α,β-unsaturated/α-hetero) is 1. The van der Waals surface area contributed by atoms with Crippen LogP contribution in [0.2, 0.25) is 0 Å². The molecule has 0 atom stereocenters. The Morgan fingerprint density at radius 3 is 2.56 bits per heavy atom. The van der Waals surface area contributed by atoms with Gasteiger partial charge >= 0.3 is 0 Å². The molecule has 1 aromatic carbocycles. The Kier molecular flexibility index (Phi) is 5.14. The van der Waals surface area contributed by atoms with Gasteiger partial charge in [-0.1, -0.05) is 0 Å². The van der Waals surface area contributed by atoms with Crippen molar-refractivity contribution in [3.63, 3.8) is 0 Å². The van der Waals surface area contributed by atoms with Gasteiger partial charge in [0.25, 0.3) is 0 Å². The predicted octanol–water partition coefficient (Wildman–Crippen LogP) is 3.10. The average Bonchev–Trinajstić information content (AvgIpc) is 3.25. The molecule has 2 aliphatic rings. The minimum atomic E-state index is -0.0540. The van der Waals surface area contributed by atoms with E-state index in [4.69, 9.17) is 13.9 Å². The maximum atomic E-state index is 12.8. The lowest BCUT2D eigenvalue weighted by atomic mass is 9.88. The van der Waals surface area contributed by atoms with Crippen LogP contribution in [0.5, 0.6) is 11.5 Å². The number of ketones is 1. The van der Waals surface area contributed by atoms with Crippen LogP contribution in [0, 0.1) is 5.92 Å². The Labute approximate surface area is 158 Å². The molecule has 0 aliphatic carbocycles. The van der Waals surface area contributed by atoms with Crippen LogP contribution in [0.25, 0.3) is 0 Å². The van der Waals surface area contributed by atoms with E-state index in [2.05, 4.69) is 0 Å². The molecule has 6 heteroatoms. The van der Waals surface area contributed by atoms with Crippen molar-refractivity contribution in [1.82, 2.24) is 4.90 Å². The normalized spacial score (nSPS) is 17.0. The van der Waals surface area contributed by atoms with E-state index in [1.807, 2.05) is 17.0 Å². The number of nitrogens with zero attached hydrogens (tertiary/aromatic N) is 1. The van der Waals surface area contributed by atoms with E-state index in [-0.39, 0.29) is 17.6 Å². The summed E-state index contributed by atoms with van der Waals surface area (Å²) in [5.74, 6) is 2.34. The first-order valence-electron chi connectivity index (χ1n) is 9.45. The summed E-state index contributed by atoms with van der Waals surface area (Å²) in [6, 6.07) is 9.09. The van der Waals surface area contributed by atoms with Crippen LogP contribution in [0.1, 0.15) is 35.4 Å². The quantitative estimate of drug-likeness (QED) is 0.758. The molecule has 0 bridgehead atoms. The Morgan fingerprint density at radius 2 is 1.81 bits per heavy atom. The summed E-state index contributed by atoms with van der Waals surface area (Å²) in [6.07, 6.45) is 4.06. The SMILES string of the molecule is O=C(c1ccc2c(c1)OCCO2)C1CCN(C(=O)CCc2ccco2)CC1. The van der Waals surface area contributed by atoms with Gasteiger partial charge in [-0.15, -0.1) is 0 Å². The van der Waals surface area contributed by atoms with Crippen molar-refractivity contribution in [2.75, 3.05) is 26.3 Å². The number of benzene rings is 1. The summed E-state index contributed by atoms with van der Waals surface area (Å²) >= 11 is 0. The molecular weight excluding hydrogens is 346 g/mol. The van der Waals surface area contributed by atoms with Gasteiger partial charge in [-0.2, -0.15) is 0 Å². The molecule has 0 N–H and O–H groups in total. The van der Waals surface area contributed by atoms with Gasteiger partial charge in [0.15, 0.2) is 17.3 Å². The second-order valence-electron chi connectivity index (χ2n) is 6.96. The lowest BCUT2D eigenvalue weighted by molar-refractivity contribution is -0.132. The van der Waals surface area contributed by atoms with Crippen LogP contribution in [0.3, 0.4) is 0 Å². The van der Waals surface area contributed by atoms with Gasteiger partial charge < -0.3 is 18.8 Å². The number of hydrogen-bond donors (Lipinski definition) is 0. The molecular formula is C21H23NO5. The molecule has 2 aromatic rings. The molecule has 0 saturated carbocycles. The number of amides is 1. The van der Waals surface area contributed by atoms with Crippen LogP contribution in [-0.2, 0) is 11.2 Å². The van der Waals surface area contributed by atoms with Crippen LogP contribution < -0.4 is 9.47 Å². The van der Waals surface area contributed by atoms with Gasteiger partial charge in [-0.05, 0) is 43.2 Å². The topological polar surface area (TPSA) is 69.0 Å². The first kappa shape index (κ1) is 17.6. The highest BCUT2D eigenvalue weighted by Crippen LogP contribution is 2.32. The van der Waals surface area contributed by atoms with Crippen LogP contribution >= 0.6 is 0 Å². The minimum Gasteiger partial charge on any atom is -0.486 e. The van der Waals surface area contributed by atoms with Crippen LogP contribution in [0.4, 0.5) is 0 Å². The average molecular weight is 369 g/mol. The number of hydrogen-bond acceptors (Lipinski definition) is 5. The van der Waals surface area contributed by atoms with Crippen LogP contribution in [-0.4, -0.2) is 42.9 Å². The molecule has 1 fully saturated rings. The number of aryl methyl sites for hydroxylation is 1. The van der Waals surface area contributed by atoms with E-state index in [1.165, 1.54) is 0 Å². The second kappa shape index (κ2) is 7.86. The third-order valence-electron chi connectivity index (χ3n) is 5.21. The fraction of sp³-hybridized carbons (Fsp3) is 0.429. The van der Waals surface area contributed by atoms with Gasteiger partial charge in [0, 0.05) is 37.4 Å². The molecule has 1 amide bonds. The zero-order chi connectivity index (χ0) is 18.6. The van der Waals surface area contributed by atoms with Gasteiger partial charge in [0.1, 0.15) is 19.0 Å². The predicted molar refractivity (Wildman–Crippen MR) is 98.1 cm³/mol. The third kappa shape index (κ3) is 3.99. The molecule has 2 aliphatic heterocycles. The highest BCUT2D eigenvalue weighted by molar-refractivity contribution is 5.98. The summed E-state index contributed by atoms with van der Waals surface area (Å²) in [5.41, 5.74) is 0.654. The largest absolute Gasteiger partial charge is 0.486 e. The van der Waals surface area contributed by atoms with Crippen molar-refractivity contribution in [3.05, 3.63) is 47.9 Å². The van der Waals surface area contributed by atoms with Crippen molar-refractivity contribution in [3.8, 4) is 11.5 Å². The Balaban J connectivity index is 1.30. The number of ether oxygens (including phenoxy) is 2. The van der Waals surface area contributed by atoms with Gasteiger partial charge in [-0.25, -0.2) is 0 Å². The molecule has 27 heavy (non-hydrogen) atoms. The van der Waals surface area contributed by atoms with Gasteiger partial charge in [0.2, 0.25) is 5.91 Å². The zero-order valence-corrected chi connectivity index (χ0v) is 15.2. The number of piperidine rings is 1. The van der Waals surface area contributed by atoms with Crippen molar-refractivity contribution in [2.45, 2.75) is 25.7 Å². The van der Waals surface area contributed by atoms with E-state index >= 15 is 0 Å². The van der Waals surface area contributed by atoms with Crippen molar-refractivity contribution < 1.29 is 23.5 Å². The Bertz CT molecular complexity index is 806. The van der Waals surface area contributed by atoms with Crippen LogP contribution in [0.15, 0.2) is 41.0 Å². The highest BCUT2D eigenvalue weighted by atomic mass is 16.6. The van der Waals surface area contributed by atoms with Crippen molar-refractivity contribution in [1.29, 1.82) is 0 Å². The summed E-state index contributed by atoms with van der Waals surface area (Å²) in [5, 5.41) is 0. The lowest BCUT2D eigenvalue weighted by Crippen LogP contribution is -2.40. The van der Waals surface area contributed by atoms with E-state index in [9.17, 15) is 9.59 Å². The number of likely N-dealkylation sites (tertiary alicyclic amines) is 1. The first-order valence-corrected chi connectivity index (χ1v) is 9.45. The molecule has 142 valence electrons. The molecule has 0 spiro atoms. The Morgan fingerprint density at radius 1 is 1.04 bits per heavy atom. The number of fused-ring (bicyclic) bond motifs is 1. The maximum Gasteiger partial charge on any atom is 0.223 e. The lowest BCUT2D eigenvalue weighted by Gasteiger charge is -2.31. The standard InChI is InChI=1S/C21H23NO5/c23-20(6-4-17-2-1-11-25-17)22-9-7-15(8-10-22)21(24)16-3-5-18-19(14-16)27-13-12-26-18/h1-3,5,11,14-15H,4,6-10,12-13H2. The summed E-state index contributed by atoms with van der Waals surface area (Å²) in [7, 11) is 0. The molecule has 1 aromatic heterocycles. The third-order valence-corrected chi connectivity index (χ3v) is 5.21. The smallest absolute Gasteiger partial charge is 0.223 e. The minimum absolute atomic E-state index is 0.0540. The van der Waals surface area contributed by atoms with E-state index in [0.29, 0.717) is 69.0 Å². The fourth-order valence-electron chi connectivity index (χ4n) is 3.67. The second-order valence-corrected chi connectivity index (χ2v) is 6.96. The summed E-state index contributed by atoms with van der Waals surface area (Å²) in [4.78, 5) is 27.1. The molecule has 0 unspecified atom stereocenters. The van der Waals surface area contributed by atoms with E-state index in [0.717, 1.165) is 5.76 Å². The van der Waals surface area contributed by atoms with Crippen molar-refractivity contribution in [2.24, 2.45) is 5.92 Å². The van der Waals surface area contributed by atoms with Crippen molar-refractivity contribution >= 4 is 11.7 Å². The number of carbonyl (C=O) groups excluding carboxylic acids is 2. The summed E-state index contributed by atoms with van der Waals surface area (Å²) in [6.45, 7) is 2.28. The molecule has 4 rings (SSSR count). The molecule has 0 radical (unpaired) electrons. The number of rotatable bonds is 5. The zero-order valence-electron chi connectivity index (χ0n) is 15.2. The summed E-state index contributed by atoms with van der Waals surface area (Å²) < 4.78 is 16.4. The highest BCUT2D eigenvalue weighted by Gasteiger charge is 2.28. The van der Waals surface area contributed by atoms with Gasteiger partial charge in [-0.3, -0.25) is 9.59 Å². The number of carbonyl (C=O) groups is 2. The Hall–Kier alpha value is -2.76. The maximum absolute atomic E-state index is 12.8. The molecule has 3 heterocycles. The first-order chi connectivity index (χ1) is 13.2. The van der Waals surface area contributed by atoms with Gasteiger partial charge in [0.05, 0.1) is 6.26 Å². The van der Waals surface area contributed by atoms with E-state index in [1.54, 1.807) is 24.5 Å². The van der Waals surface area contributed by atoms with E-state index < -0.39 is 0 Å². The monoisotopic (exact) mass is 369 g/mol. The molecule has 1 saturated heterocycles.